The fourth-order valence-electron chi connectivity index (χ4n) is 6.83. The molecular formula is C48H32N4. The molecule has 7 aromatic carbocycles. The first-order valence-electron chi connectivity index (χ1n) is 17.4. The summed E-state index contributed by atoms with van der Waals surface area (Å²) in [6.45, 7) is 0. The van der Waals surface area contributed by atoms with Crippen LogP contribution >= 0.6 is 0 Å². The minimum atomic E-state index is 0.634. The highest BCUT2D eigenvalue weighted by Crippen LogP contribution is 2.39. The van der Waals surface area contributed by atoms with Gasteiger partial charge in [-0.15, -0.1) is 0 Å². The van der Waals surface area contributed by atoms with Gasteiger partial charge < -0.3 is 0 Å². The van der Waals surface area contributed by atoms with Gasteiger partial charge in [-0.1, -0.05) is 152 Å². The Morgan fingerprint density at radius 2 is 0.712 bits per heavy atom. The number of hydrogen-bond donors (Lipinski definition) is 0. The van der Waals surface area contributed by atoms with Gasteiger partial charge in [0.1, 0.15) is 0 Å². The predicted octanol–water partition coefficient (Wildman–Crippen LogP) is 12.1. The normalized spacial score (nSPS) is 11.1. The van der Waals surface area contributed by atoms with E-state index in [1.165, 1.54) is 21.9 Å². The van der Waals surface area contributed by atoms with Crippen LogP contribution in [0.2, 0.25) is 0 Å². The summed E-state index contributed by atoms with van der Waals surface area (Å²) in [4.78, 5) is 19.6. The standard InChI is InChI=1S/C48H32N4/c1-4-15-33(16-5-1)38-30-39(32-40(31-38)45-25-12-13-28-49-45)42-27-26-41(43-23-10-11-24-44(42)43)36-21-14-22-37(29-36)48-51-46(34-17-6-2-7-18-34)50-47(52-48)35-19-8-3-9-20-35/h1-32H. The summed E-state index contributed by atoms with van der Waals surface area (Å²) >= 11 is 0. The fraction of sp³-hybridized carbons (Fsp3) is 0. The number of fused-ring (bicyclic) bond motifs is 1. The van der Waals surface area contributed by atoms with Crippen molar-refractivity contribution < 1.29 is 0 Å². The lowest BCUT2D eigenvalue weighted by Crippen LogP contribution is -2.00. The Bertz CT molecular complexity index is 2540. The summed E-state index contributed by atoms with van der Waals surface area (Å²) in [6.07, 6.45) is 1.85. The zero-order chi connectivity index (χ0) is 34.7. The molecule has 0 amide bonds. The summed E-state index contributed by atoms with van der Waals surface area (Å²) in [5, 5.41) is 2.35. The highest BCUT2D eigenvalue weighted by atomic mass is 15.0. The Hall–Kier alpha value is -7.04. The molecule has 4 heteroatoms. The number of hydrogen-bond acceptors (Lipinski definition) is 4. The molecule has 0 radical (unpaired) electrons. The van der Waals surface area contributed by atoms with Gasteiger partial charge in [-0.3, -0.25) is 4.98 Å². The maximum absolute atomic E-state index is 4.99. The smallest absolute Gasteiger partial charge is 0.164 e. The molecule has 0 fully saturated rings. The third-order valence-electron chi connectivity index (χ3n) is 9.37. The van der Waals surface area contributed by atoms with Crippen molar-refractivity contribution in [3.8, 4) is 78.8 Å². The molecule has 0 aliphatic rings. The van der Waals surface area contributed by atoms with Gasteiger partial charge in [0.2, 0.25) is 0 Å². The van der Waals surface area contributed by atoms with Crippen LogP contribution in [0.25, 0.3) is 89.6 Å². The molecule has 2 aromatic heterocycles. The summed E-state index contributed by atoms with van der Waals surface area (Å²) in [5.74, 6) is 1.93. The van der Waals surface area contributed by atoms with E-state index >= 15 is 0 Å². The van der Waals surface area contributed by atoms with Gasteiger partial charge in [0.05, 0.1) is 5.69 Å². The third kappa shape index (κ3) is 6.14. The Kier molecular flexibility index (Phi) is 8.16. The lowest BCUT2D eigenvalue weighted by Gasteiger charge is -2.15. The SMILES string of the molecule is c1ccc(-c2cc(-c3ccccn3)cc(-c3ccc(-c4cccc(-c5nc(-c6ccccc6)nc(-c6ccccc6)n5)c4)c4ccccc34)c2)cc1. The van der Waals surface area contributed by atoms with Crippen LogP contribution in [0, 0.1) is 0 Å². The summed E-state index contributed by atoms with van der Waals surface area (Å²) in [6, 6.07) is 65.2. The second-order valence-corrected chi connectivity index (χ2v) is 12.7. The van der Waals surface area contributed by atoms with Gasteiger partial charge in [-0.05, 0) is 80.6 Å². The molecule has 0 aliphatic heterocycles. The van der Waals surface area contributed by atoms with Crippen LogP contribution < -0.4 is 0 Å². The fourth-order valence-corrected chi connectivity index (χ4v) is 6.83. The van der Waals surface area contributed by atoms with E-state index in [1.807, 2.05) is 79.0 Å². The molecule has 0 saturated carbocycles. The van der Waals surface area contributed by atoms with E-state index in [2.05, 4.69) is 115 Å². The summed E-state index contributed by atoms with van der Waals surface area (Å²) in [5.41, 5.74) is 11.7. The molecule has 9 rings (SSSR count). The zero-order valence-corrected chi connectivity index (χ0v) is 28.3. The second kappa shape index (κ2) is 13.7. The Morgan fingerprint density at radius 1 is 0.269 bits per heavy atom. The Morgan fingerprint density at radius 3 is 1.31 bits per heavy atom. The first-order valence-corrected chi connectivity index (χ1v) is 17.4. The third-order valence-corrected chi connectivity index (χ3v) is 9.37. The van der Waals surface area contributed by atoms with E-state index < -0.39 is 0 Å². The Balaban J connectivity index is 1.17. The molecule has 2 heterocycles. The molecular weight excluding hydrogens is 633 g/mol. The average molecular weight is 665 g/mol. The van der Waals surface area contributed by atoms with Crippen molar-refractivity contribution in [3.63, 3.8) is 0 Å². The molecule has 0 aliphatic carbocycles. The largest absolute Gasteiger partial charge is 0.256 e. The highest BCUT2D eigenvalue weighted by molar-refractivity contribution is 6.05. The number of rotatable bonds is 7. The first-order chi connectivity index (χ1) is 25.8. The van der Waals surface area contributed by atoms with Crippen molar-refractivity contribution >= 4 is 10.8 Å². The molecule has 0 bridgehead atoms. The molecule has 0 atom stereocenters. The maximum Gasteiger partial charge on any atom is 0.164 e. The monoisotopic (exact) mass is 664 g/mol. The number of aromatic nitrogens is 4. The van der Waals surface area contributed by atoms with Gasteiger partial charge in [0.25, 0.3) is 0 Å². The lowest BCUT2D eigenvalue weighted by atomic mass is 9.89. The molecule has 52 heavy (non-hydrogen) atoms. The van der Waals surface area contributed by atoms with Crippen molar-refractivity contribution in [1.29, 1.82) is 0 Å². The van der Waals surface area contributed by atoms with E-state index in [0.29, 0.717) is 17.5 Å². The van der Waals surface area contributed by atoms with Crippen LogP contribution in [0.3, 0.4) is 0 Å². The number of pyridine rings is 1. The van der Waals surface area contributed by atoms with Gasteiger partial charge >= 0.3 is 0 Å². The van der Waals surface area contributed by atoms with Crippen molar-refractivity contribution in [2.24, 2.45) is 0 Å². The quantitative estimate of drug-likeness (QED) is 0.170. The van der Waals surface area contributed by atoms with Crippen LogP contribution in [-0.2, 0) is 0 Å². The number of nitrogens with zero attached hydrogens (tertiary/aromatic N) is 4. The molecule has 4 nitrogen and oxygen atoms in total. The minimum absolute atomic E-state index is 0.634. The molecule has 244 valence electrons. The minimum Gasteiger partial charge on any atom is -0.256 e. The molecule has 9 aromatic rings. The van der Waals surface area contributed by atoms with Crippen LogP contribution in [0.15, 0.2) is 194 Å². The number of benzene rings is 7. The predicted molar refractivity (Wildman–Crippen MR) is 213 cm³/mol. The van der Waals surface area contributed by atoms with E-state index in [-0.39, 0.29) is 0 Å². The van der Waals surface area contributed by atoms with E-state index in [9.17, 15) is 0 Å². The maximum atomic E-state index is 4.99. The average Bonchev–Trinajstić information content (AvgIpc) is 3.24. The second-order valence-electron chi connectivity index (χ2n) is 12.7. The molecule has 0 saturated heterocycles. The molecule has 0 unspecified atom stereocenters. The van der Waals surface area contributed by atoms with Gasteiger partial charge in [0.15, 0.2) is 17.5 Å². The molecule has 0 N–H and O–H groups in total. The first kappa shape index (κ1) is 31.0. The van der Waals surface area contributed by atoms with Crippen LogP contribution in [0.1, 0.15) is 0 Å². The van der Waals surface area contributed by atoms with Crippen molar-refractivity contribution in [2.75, 3.05) is 0 Å². The Labute approximate surface area is 302 Å². The van der Waals surface area contributed by atoms with Gasteiger partial charge in [-0.25, -0.2) is 15.0 Å². The van der Waals surface area contributed by atoms with Crippen LogP contribution in [0.5, 0.6) is 0 Å². The molecule has 0 spiro atoms. The van der Waals surface area contributed by atoms with Crippen molar-refractivity contribution in [3.05, 3.63) is 194 Å². The highest BCUT2D eigenvalue weighted by Gasteiger charge is 2.16. The van der Waals surface area contributed by atoms with Crippen molar-refractivity contribution in [1.82, 2.24) is 19.9 Å². The lowest BCUT2D eigenvalue weighted by molar-refractivity contribution is 1.07. The zero-order valence-electron chi connectivity index (χ0n) is 28.3. The van der Waals surface area contributed by atoms with E-state index in [4.69, 9.17) is 19.9 Å². The van der Waals surface area contributed by atoms with Gasteiger partial charge in [-0.2, -0.15) is 0 Å². The van der Waals surface area contributed by atoms with Crippen LogP contribution in [-0.4, -0.2) is 19.9 Å². The van der Waals surface area contributed by atoms with Gasteiger partial charge in [0, 0.05) is 28.5 Å². The van der Waals surface area contributed by atoms with E-state index in [1.54, 1.807) is 0 Å². The summed E-state index contributed by atoms with van der Waals surface area (Å²) in [7, 11) is 0. The topological polar surface area (TPSA) is 51.6 Å². The summed E-state index contributed by atoms with van der Waals surface area (Å²) < 4.78 is 0. The van der Waals surface area contributed by atoms with Crippen LogP contribution in [0.4, 0.5) is 0 Å². The van der Waals surface area contributed by atoms with E-state index in [0.717, 1.165) is 50.2 Å². The van der Waals surface area contributed by atoms with Crippen molar-refractivity contribution in [2.45, 2.75) is 0 Å².